The molecule has 158 valence electrons. The SMILES string of the molecule is O=C(CN(Cc1ccccc1)c1nc(Cc2ccc(Cl)cc2)ns1)NCc1ccco1. The van der Waals surface area contributed by atoms with E-state index < -0.39 is 0 Å². The van der Waals surface area contributed by atoms with Gasteiger partial charge in [-0.1, -0.05) is 54.1 Å². The molecule has 4 rings (SSSR count). The van der Waals surface area contributed by atoms with Crippen molar-refractivity contribution in [1.82, 2.24) is 14.7 Å². The van der Waals surface area contributed by atoms with Crippen LogP contribution in [0.1, 0.15) is 22.7 Å². The van der Waals surface area contributed by atoms with E-state index in [1.165, 1.54) is 11.5 Å². The molecule has 2 heterocycles. The fourth-order valence-electron chi connectivity index (χ4n) is 3.05. The van der Waals surface area contributed by atoms with Crippen molar-refractivity contribution in [3.8, 4) is 0 Å². The van der Waals surface area contributed by atoms with Crippen LogP contribution in [0.25, 0.3) is 0 Å². The fraction of sp³-hybridized carbons (Fsp3) is 0.174. The standard InChI is InChI=1S/C23H21ClN4O2S/c24-19-10-8-17(9-11-19)13-21-26-23(31-27-21)28(15-18-5-2-1-3-6-18)16-22(29)25-14-20-7-4-12-30-20/h1-12H,13-16H2,(H,25,29). The summed E-state index contributed by atoms with van der Waals surface area (Å²) in [6.45, 7) is 1.08. The largest absolute Gasteiger partial charge is 0.467 e. The van der Waals surface area contributed by atoms with Crippen LogP contribution in [0.3, 0.4) is 0 Å². The highest BCUT2D eigenvalue weighted by Gasteiger charge is 2.17. The number of furan rings is 1. The molecule has 0 fully saturated rings. The van der Waals surface area contributed by atoms with E-state index in [9.17, 15) is 4.79 Å². The van der Waals surface area contributed by atoms with E-state index in [0.717, 1.165) is 17.0 Å². The van der Waals surface area contributed by atoms with Crippen molar-refractivity contribution in [2.45, 2.75) is 19.5 Å². The molecule has 8 heteroatoms. The van der Waals surface area contributed by atoms with Gasteiger partial charge in [0.25, 0.3) is 0 Å². The normalized spacial score (nSPS) is 10.7. The van der Waals surface area contributed by atoms with Gasteiger partial charge in [-0.3, -0.25) is 4.79 Å². The Hall–Kier alpha value is -3.16. The maximum absolute atomic E-state index is 12.6. The molecule has 31 heavy (non-hydrogen) atoms. The molecule has 0 atom stereocenters. The summed E-state index contributed by atoms with van der Waals surface area (Å²) >= 11 is 7.26. The zero-order chi connectivity index (χ0) is 21.5. The van der Waals surface area contributed by atoms with Crippen LogP contribution < -0.4 is 10.2 Å². The summed E-state index contributed by atoms with van der Waals surface area (Å²) in [7, 11) is 0. The first kappa shape index (κ1) is 21.1. The number of hydrogen-bond acceptors (Lipinski definition) is 6. The van der Waals surface area contributed by atoms with Gasteiger partial charge in [0.2, 0.25) is 11.0 Å². The average molecular weight is 453 g/mol. The van der Waals surface area contributed by atoms with Gasteiger partial charge >= 0.3 is 0 Å². The van der Waals surface area contributed by atoms with Crippen LogP contribution in [0.15, 0.2) is 77.4 Å². The quantitative estimate of drug-likeness (QED) is 0.398. The molecule has 2 aromatic heterocycles. The molecule has 0 unspecified atom stereocenters. The van der Waals surface area contributed by atoms with E-state index in [-0.39, 0.29) is 12.5 Å². The fourth-order valence-corrected chi connectivity index (χ4v) is 3.86. The van der Waals surface area contributed by atoms with Crippen LogP contribution in [-0.2, 0) is 24.3 Å². The molecule has 0 bridgehead atoms. The lowest BCUT2D eigenvalue weighted by Gasteiger charge is -2.21. The third-order valence-corrected chi connectivity index (χ3v) is 5.66. The minimum atomic E-state index is -0.109. The van der Waals surface area contributed by atoms with Crippen LogP contribution in [0, 0.1) is 0 Å². The topological polar surface area (TPSA) is 71.3 Å². The summed E-state index contributed by atoms with van der Waals surface area (Å²) in [6, 6.07) is 21.3. The number of anilines is 1. The van der Waals surface area contributed by atoms with Gasteiger partial charge in [-0.25, -0.2) is 4.98 Å². The molecule has 0 aliphatic heterocycles. The van der Waals surface area contributed by atoms with Crippen molar-refractivity contribution in [3.63, 3.8) is 0 Å². The van der Waals surface area contributed by atoms with Crippen molar-refractivity contribution in [1.29, 1.82) is 0 Å². The lowest BCUT2D eigenvalue weighted by atomic mass is 10.1. The maximum Gasteiger partial charge on any atom is 0.239 e. The van der Waals surface area contributed by atoms with Crippen molar-refractivity contribution >= 4 is 34.2 Å². The van der Waals surface area contributed by atoms with Crippen LogP contribution in [-0.4, -0.2) is 21.8 Å². The van der Waals surface area contributed by atoms with Gasteiger partial charge in [-0.05, 0) is 35.4 Å². The van der Waals surface area contributed by atoms with Crippen LogP contribution in [0.4, 0.5) is 5.13 Å². The monoisotopic (exact) mass is 452 g/mol. The average Bonchev–Trinajstić information content (AvgIpc) is 3.46. The predicted octanol–water partition coefficient (Wildman–Crippen LogP) is 4.70. The zero-order valence-corrected chi connectivity index (χ0v) is 18.3. The highest BCUT2D eigenvalue weighted by molar-refractivity contribution is 7.09. The molecular weight excluding hydrogens is 432 g/mol. The number of benzene rings is 2. The zero-order valence-electron chi connectivity index (χ0n) is 16.7. The third-order valence-electron chi connectivity index (χ3n) is 4.59. The molecule has 1 amide bonds. The smallest absolute Gasteiger partial charge is 0.239 e. The molecule has 0 aliphatic rings. The number of nitrogens with zero attached hydrogens (tertiary/aromatic N) is 3. The molecule has 2 aromatic carbocycles. The van der Waals surface area contributed by atoms with Crippen LogP contribution in [0.2, 0.25) is 5.02 Å². The number of rotatable bonds is 9. The molecule has 0 aliphatic carbocycles. The second-order valence-electron chi connectivity index (χ2n) is 6.99. The van der Waals surface area contributed by atoms with Crippen molar-refractivity contribution in [2.24, 2.45) is 0 Å². The van der Waals surface area contributed by atoms with Crippen LogP contribution >= 0.6 is 23.1 Å². The minimum absolute atomic E-state index is 0.109. The lowest BCUT2D eigenvalue weighted by molar-refractivity contribution is -0.120. The first-order chi connectivity index (χ1) is 15.2. The van der Waals surface area contributed by atoms with E-state index in [2.05, 4.69) is 14.7 Å². The molecule has 0 radical (unpaired) electrons. The summed E-state index contributed by atoms with van der Waals surface area (Å²) in [6.07, 6.45) is 2.20. The van der Waals surface area contributed by atoms with Gasteiger partial charge in [-0.15, -0.1) is 0 Å². The van der Waals surface area contributed by atoms with Crippen molar-refractivity contribution in [3.05, 3.63) is 101 Å². The first-order valence-electron chi connectivity index (χ1n) is 9.81. The van der Waals surface area contributed by atoms with Gasteiger partial charge in [0.15, 0.2) is 0 Å². The molecule has 0 spiro atoms. The Kier molecular flexibility index (Phi) is 6.96. The summed E-state index contributed by atoms with van der Waals surface area (Å²) in [5.41, 5.74) is 2.18. The van der Waals surface area contributed by atoms with E-state index in [1.54, 1.807) is 12.3 Å². The van der Waals surface area contributed by atoms with Crippen LogP contribution in [0.5, 0.6) is 0 Å². The van der Waals surface area contributed by atoms with Gasteiger partial charge in [0, 0.05) is 29.5 Å². The Bertz CT molecular complexity index is 1100. The van der Waals surface area contributed by atoms with Crippen molar-refractivity contribution < 1.29 is 9.21 Å². The summed E-state index contributed by atoms with van der Waals surface area (Å²) in [5.74, 6) is 1.32. The maximum atomic E-state index is 12.6. The van der Waals surface area contributed by atoms with E-state index in [4.69, 9.17) is 16.0 Å². The number of carbonyl (C=O) groups excluding carboxylic acids is 1. The minimum Gasteiger partial charge on any atom is -0.467 e. The molecular formula is C23H21ClN4O2S. The number of nitrogens with one attached hydrogen (secondary N) is 1. The van der Waals surface area contributed by atoms with E-state index in [1.807, 2.05) is 65.6 Å². The highest BCUT2D eigenvalue weighted by Crippen LogP contribution is 2.21. The van der Waals surface area contributed by atoms with E-state index >= 15 is 0 Å². The van der Waals surface area contributed by atoms with Gasteiger partial charge in [0.1, 0.15) is 11.6 Å². The lowest BCUT2D eigenvalue weighted by Crippen LogP contribution is -2.36. The Morgan fingerprint density at radius 3 is 2.58 bits per heavy atom. The molecule has 0 saturated heterocycles. The highest BCUT2D eigenvalue weighted by atomic mass is 35.5. The second-order valence-corrected chi connectivity index (χ2v) is 8.16. The number of halogens is 1. The Morgan fingerprint density at radius 1 is 1.03 bits per heavy atom. The molecule has 4 aromatic rings. The number of carbonyl (C=O) groups is 1. The first-order valence-corrected chi connectivity index (χ1v) is 11.0. The third kappa shape index (κ3) is 6.16. The predicted molar refractivity (Wildman–Crippen MR) is 122 cm³/mol. The second kappa shape index (κ2) is 10.2. The van der Waals surface area contributed by atoms with Gasteiger partial charge < -0.3 is 14.6 Å². The molecule has 1 N–H and O–H groups in total. The molecule has 6 nitrogen and oxygen atoms in total. The van der Waals surface area contributed by atoms with Crippen molar-refractivity contribution in [2.75, 3.05) is 11.4 Å². The summed E-state index contributed by atoms with van der Waals surface area (Å²) in [4.78, 5) is 19.2. The Morgan fingerprint density at radius 2 is 1.84 bits per heavy atom. The number of amides is 1. The number of aromatic nitrogens is 2. The summed E-state index contributed by atoms with van der Waals surface area (Å²) in [5, 5.41) is 4.30. The molecule has 0 saturated carbocycles. The number of hydrogen-bond donors (Lipinski definition) is 1. The van der Waals surface area contributed by atoms with E-state index in [0.29, 0.717) is 35.4 Å². The van der Waals surface area contributed by atoms with Gasteiger partial charge in [0.05, 0.1) is 19.4 Å². The Labute approximate surface area is 189 Å². The Balaban J connectivity index is 1.46. The summed E-state index contributed by atoms with van der Waals surface area (Å²) < 4.78 is 9.78. The van der Waals surface area contributed by atoms with Gasteiger partial charge in [-0.2, -0.15) is 4.37 Å².